The van der Waals surface area contributed by atoms with E-state index in [9.17, 15) is 14.4 Å². The second kappa shape index (κ2) is 9.65. The van der Waals surface area contributed by atoms with E-state index >= 15 is 0 Å². The van der Waals surface area contributed by atoms with Crippen molar-refractivity contribution in [2.24, 2.45) is 24.8 Å². The molecule has 2 aromatic heterocycles. The van der Waals surface area contributed by atoms with Crippen LogP contribution in [0.15, 0.2) is 23.1 Å². The van der Waals surface area contributed by atoms with Gasteiger partial charge >= 0.3 is 6.03 Å². The normalized spacial score (nSPS) is 27.8. The molecule has 0 bridgehead atoms. The van der Waals surface area contributed by atoms with E-state index in [1.807, 2.05) is 25.3 Å². The van der Waals surface area contributed by atoms with Crippen LogP contribution >= 0.6 is 0 Å². The predicted molar refractivity (Wildman–Crippen MR) is 129 cm³/mol. The number of nitrogens with one attached hydrogen (secondary N) is 2. The van der Waals surface area contributed by atoms with Gasteiger partial charge in [0.15, 0.2) is 0 Å². The number of carbonyl (C=O) groups excluding carboxylic acids is 2. The Labute approximate surface area is 195 Å². The van der Waals surface area contributed by atoms with Crippen LogP contribution in [-0.2, 0) is 11.8 Å². The number of fused-ring (bicyclic) bond motifs is 1. The summed E-state index contributed by atoms with van der Waals surface area (Å²) in [7, 11) is 1.79. The molecular formula is C26H36N4O3. The Bertz CT molecular complexity index is 1100. The molecule has 2 aliphatic rings. The van der Waals surface area contributed by atoms with E-state index in [0.717, 1.165) is 60.7 Å². The maximum absolute atomic E-state index is 13.2. The van der Waals surface area contributed by atoms with Crippen molar-refractivity contribution in [1.82, 2.24) is 20.2 Å². The molecule has 0 radical (unpaired) electrons. The zero-order chi connectivity index (χ0) is 23.7. The van der Waals surface area contributed by atoms with Gasteiger partial charge in [0.05, 0.1) is 5.52 Å². The van der Waals surface area contributed by atoms with Gasteiger partial charge in [-0.15, -0.1) is 0 Å². The Kier molecular flexibility index (Phi) is 6.86. The first-order valence-electron chi connectivity index (χ1n) is 12.3. The summed E-state index contributed by atoms with van der Waals surface area (Å²) in [5.41, 5.74) is 2.45. The second-order valence-corrected chi connectivity index (χ2v) is 10.4. The molecule has 7 nitrogen and oxygen atoms in total. The van der Waals surface area contributed by atoms with Crippen molar-refractivity contribution in [2.45, 2.75) is 77.7 Å². The standard InChI is InChI=1S/C26H36N4O3/c1-15-5-9-20(10-6-15)28-26(33)29-24(31)18-8-7-16(2)21(12-18)22-13-19-14-27-17(3)11-23(19)30(4)25(22)32/h11,13-16,18,20-21H,5-10,12H2,1-4H3,(H2,28,29,31,33). The van der Waals surface area contributed by atoms with Gasteiger partial charge in [-0.3, -0.25) is 19.9 Å². The fourth-order valence-electron chi connectivity index (χ4n) is 5.59. The van der Waals surface area contributed by atoms with E-state index in [1.165, 1.54) is 0 Å². The van der Waals surface area contributed by atoms with Gasteiger partial charge in [-0.1, -0.05) is 13.8 Å². The molecule has 2 aromatic rings. The third kappa shape index (κ3) is 5.12. The fourth-order valence-corrected chi connectivity index (χ4v) is 5.59. The highest BCUT2D eigenvalue weighted by Crippen LogP contribution is 2.40. The van der Waals surface area contributed by atoms with Crippen molar-refractivity contribution in [3.8, 4) is 0 Å². The molecule has 0 aliphatic heterocycles. The smallest absolute Gasteiger partial charge is 0.321 e. The average molecular weight is 453 g/mol. The van der Waals surface area contributed by atoms with Gasteiger partial charge in [-0.2, -0.15) is 0 Å². The first-order chi connectivity index (χ1) is 15.7. The molecule has 3 unspecified atom stereocenters. The zero-order valence-electron chi connectivity index (χ0n) is 20.2. The van der Waals surface area contributed by atoms with Crippen molar-refractivity contribution < 1.29 is 9.59 Å². The number of hydrogen-bond donors (Lipinski definition) is 2. The molecule has 2 aliphatic carbocycles. The van der Waals surface area contributed by atoms with Crippen LogP contribution in [0.4, 0.5) is 4.79 Å². The Hall–Kier alpha value is -2.70. The largest absolute Gasteiger partial charge is 0.335 e. The Morgan fingerprint density at radius 3 is 2.52 bits per heavy atom. The molecule has 7 heteroatoms. The summed E-state index contributed by atoms with van der Waals surface area (Å²) in [6.07, 6.45) is 8.10. The second-order valence-electron chi connectivity index (χ2n) is 10.4. The number of hydrogen-bond acceptors (Lipinski definition) is 4. The third-order valence-electron chi connectivity index (χ3n) is 7.83. The van der Waals surface area contributed by atoms with Crippen LogP contribution in [0.25, 0.3) is 10.9 Å². The summed E-state index contributed by atoms with van der Waals surface area (Å²) in [6, 6.07) is 3.62. The Morgan fingerprint density at radius 2 is 1.79 bits per heavy atom. The molecule has 33 heavy (non-hydrogen) atoms. The van der Waals surface area contributed by atoms with Crippen molar-refractivity contribution in [3.05, 3.63) is 39.9 Å². The van der Waals surface area contributed by atoms with Gasteiger partial charge in [-0.25, -0.2) is 4.79 Å². The number of rotatable bonds is 3. The summed E-state index contributed by atoms with van der Waals surface area (Å²) in [6.45, 7) is 6.29. The number of aryl methyl sites for hydroxylation is 2. The van der Waals surface area contributed by atoms with Crippen LogP contribution in [-0.4, -0.2) is 27.5 Å². The van der Waals surface area contributed by atoms with Crippen molar-refractivity contribution in [1.29, 1.82) is 0 Å². The number of amides is 3. The first kappa shape index (κ1) is 23.5. The minimum atomic E-state index is -0.391. The molecule has 2 fully saturated rings. The van der Waals surface area contributed by atoms with E-state index in [0.29, 0.717) is 12.3 Å². The van der Waals surface area contributed by atoms with E-state index in [4.69, 9.17) is 0 Å². The van der Waals surface area contributed by atoms with Gasteiger partial charge in [0, 0.05) is 41.8 Å². The summed E-state index contributed by atoms with van der Waals surface area (Å²) < 4.78 is 1.69. The molecule has 0 saturated heterocycles. The lowest BCUT2D eigenvalue weighted by Gasteiger charge is -2.34. The zero-order valence-corrected chi connectivity index (χ0v) is 20.2. The molecular weight excluding hydrogens is 416 g/mol. The van der Waals surface area contributed by atoms with Crippen LogP contribution in [0.2, 0.25) is 0 Å². The minimum Gasteiger partial charge on any atom is -0.335 e. The Balaban J connectivity index is 1.46. The summed E-state index contributed by atoms with van der Waals surface area (Å²) in [5, 5.41) is 6.47. The maximum atomic E-state index is 13.2. The van der Waals surface area contributed by atoms with E-state index in [-0.39, 0.29) is 35.3 Å². The maximum Gasteiger partial charge on any atom is 0.321 e. The fraction of sp³-hybridized carbons (Fsp3) is 0.615. The Morgan fingerprint density at radius 1 is 1.06 bits per heavy atom. The highest BCUT2D eigenvalue weighted by atomic mass is 16.2. The monoisotopic (exact) mass is 452 g/mol. The van der Waals surface area contributed by atoms with Gasteiger partial charge < -0.3 is 9.88 Å². The van der Waals surface area contributed by atoms with Gasteiger partial charge in [0.1, 0.15) is 0 Å². The molecule has 0 aromatic carbocycles. The molecule has 2 N–H and O–H groups in total. The highest BCUT2D eigenvalue weighted by molar-refractivity contribution is 5.95. The number of urea groups is 1. The molecule has 3 atom stereocenters. The lowest BCUT2D eigenvalue weighted by Crippen LogP contribution is -2.48. The van der Waals surface area contributed by atoms with Gasteiger partial charge in [-0.05, 0) is 81.8 Å². The van der Waals surface area contributed by atoms with Crippen LogP contribution in [0.5, 0.6) is 0 Å². The lowest BCUT2D eigenvalue weighted by atomic mass is 9.71. The van der Waals surface area contributed by atoms with Crippen LogP contribution in [0.1, 0.15) is 76.0 Å². The number of nitrogens with zero attached hydrogens (tertiary/aromatic N) is 2. The van der Waals surface area contributed by atoms with Crippen LogP contribution < -0.4 is 16.2 Å². The van der Waals surface area contributed by atoms with E-state index in [2.05, 4.69) is 29.5 Å². The lowest BCUT2D eigenvalue weighted by molar-refractivity contribution is -0.125. The van der Waals surface area contributed by atoms with E-state index in [1.54, 1.807) is 11.6 Å². The number of pyridine rings is 2. The van der Waals surface area contributed by atoms with Crippen molar-refractivity contribution in [2.75, 3.05) is 0 Å². The quantitative estimate of drug-likeness (QED) is 0.731. The third-order valence-corrected chi connectivity index (χ3v) is 7.83. The molecule has 0 spiro atoms. The topological polar surface area (TPSA) is 93.1 Å². The van der Waals surface area contributed by atoms with Gasteiger partial charge in [0.2, 0.25) is 5.91 Å². The summed E-state index contributed by atoms with van der Waals surface area (Å²) >= 11 is 0. The average Bonchev–Trinajstić information content (AvgIpc) is 2.78. The molecule has 178 valence electrons. The molecule has 2 saturated carbocycles. The van der Waals surface area contributed by atoms with E-state index < -0.39 is 6.03 Å². The number of imide groups is 1. The van der Waals surface area contributed by atoms with Crippen LogP contribution in [0.3, 0.4) is 0 Å². The van der Waals surface area contributed by atoms with Crippen molar-refractivity contribution >= 4 is 22.8 Å². The first-order valence-corrected chi connectivity index (χ1v) is 12.3. The van der Waals surface area contributed by atoms with Crippen LogP contribution in [0, 0.1) is 24.7 Å². The summed E-state index contributed by atoms with van der Waals surface area (Å²) in [4.78, 5) is 43.0. The minimum absolute atomic E-state index is 0.0183. The molecule has 3 amide bonds. The molecule has 4 rings (SSSR count). The highest BCUT2D eigenvalue weighted by Gasteiger charge is 2.35. The predicted octanol–water partition coefficient (Wildman–Crippen LogP) is 4.17. The summed E-state index contributed by atoms with van der Waals surface area (Å²) in [5.74, 6) is 0.456. The molecule has 2 heterocycles. The van der Waals surface area contributed by atoms with Crippen molar-refractivity contribution in [3.63, 3.8) is 0 Å². The van der Waals surface area contributed by atoms with Gasteiger partial charge in [0.25, 0.3) is 5.56 Å². The SMILES string of the molecule is Cc1cc2c(cn1)cc(C1CC(C(=O)NC(=O)NC3CCC(C)CC3)CCC1C)c(=O)n2C. The number of carbonyl (C=O) groups is 2. The number of aromatic nitrogens is 2.